The van der Waals surface area contributed by atoms with Crippen molar-refractivity contribution >= 4 is 11.9 Å². The Labute approximate surface area is 95.7 Å². The molecule has 98 valence electrons. The molecule has 1 heterocycles. The third-order valence-electron chi connectivity index (χ3n) is 1.13. The van der Waals surface area contributed by atoms with Gasteiger partial charge in [-0.3, -0.25) is 5.43 Å². The summed E-state index contributed by atoms with van der Waals surface area (Å²) in [5.74, 6) is 4.07. The fourth-order valence-electron chi connectivity index (χ4n) is 0.594. The first kappa shape index (κ1) is 12.9. The van der Waals surface area contributed by atoms with Crippen LogP contribution >= 0.6 is 0 Å². The van der Waals surface area contributed by atoms with E-state index in [0.29, 0.717) is 0 Å². The van der Waals surface area contributed by atoms with Crippen molar-refractivity contribution in [3.8, 4) is 0 Å². The van der Waals surface area contributed by atoms with Gasteiger partial charge in [-0.25, -0.2) is 5.84 Å². The number of nitrogen functional groups attached to an aromatic ring is 1. The maximum Gasteiger partial charge on any atom is 0.318 e. The number of nitrogens with zero attached hydrogens (tertiary/aromatic N) is 7. The quantitative estimate of drug-likeness (QED) is 0.256. The molecule has 0 amide bonds. The predicted octanol–water partition coefficient (Wildman–Crippen LogP) is -2.89. The van der Waals surface area contributed by atoms with Crippen LogP contribution in [0.1, 0.15) is 0 Å². The molecule has 0 unspecified atom stereocenters. The van der Waals surface area contributed by atoms with E-state index in [4.69, 9.17) is 5.84 Å². The fourth-order valence-corrected chi connectivity index (χ4v) is 0.594. The van der Waals surface area contributed by atoms with E-state index in [1.807, 2.05) is 5.43 Å². The molecule has 16 nitrogen and oxygen atoms in total. The average molecular weight is 264 g/mol. The van der Waals surface area contributed by atoms with E-state index in [1.54, 1.807) is 0 Å². The zero-order valence-corrected chi connectivity index (χ0v) is 8.16. The van der Waals surface area contributed by atoms with E-state index in [-0.39, 0.29) is 11.1 Å². The molecule has 16 heteroatoms. The molecule has 0 aliphatic rings. The van der Waals surface area contributed by atoms with Crippen molar-refractivity contribution in [3.05, 3.63) is 20.2 Å². The summed E-state index contributed by atoms with van der Waals surface area (Å²) in [6, 6.07) is 0. The topological polar surface area (TPSA) is 210 Å². The molecule has 0 radical (unpaired) electrons. The van der Waals surface area contributed by atoms with Crippen LogP contribution < -0.4 is 22.0 Å². The number of anilines is 2. The lowest BCUT2D eigenvalue weighted by Gasteiger charge is -2.15. The zero-order chi connectivity index (χ0) is 13.5. The molecule has 0 fully saturated rings. The van der Waals surface area contributed by atoms with Crippen molar-refractivity contribution in [2.45, 2.75) is 0 Å². The highest BCUT2D eigenvalue weighted by atomic mass is 17.1. The van der Waals surface area contributed by atoms with E-state index in [2.05, 4.69) is 30.3 Å². The van der Waals surface area contributed by atoms with Gasteiger partial charge in [0.2, 0.25) is 0 Å². The molecule has 0 saturated heterocycles. The van der Waals surface area contributed by atoms with Crippen molar-refractivity contribution in [3.63, 3.8) is 0 Å². The Hall–Kier alpha value is -3.14. The molecule has 1 aromatic heterocycles. The molecular weight excluding hydrogens is 260 g/mol. The normalized spacial score (nSPS) is 9.39. The highest BCUT2D eigenvalue weighted by Crippen LogP contribution is 2.02. The molecule has 0 aromatic carbocycles. The van der Waals surface area contributed by atoms with Crippen molar-refractivity contribution < 1.29 is 20.0 Å². The molecule has 4 N–H and O–H groups in total. The maximum absolute atomic E-state index is 10.1. The zero-order valence-electron chi connectivity index (χ0n) is 8.16. The monoisotopic (exact) mass is 264 g/mol. The molecule has 0 aliphatic carbocycles. The van der Waals surface area contributed by atoms with Crippen LogP contribution in [0.3, 0.4) is 0 Å². The average Bonchev–Trinajstić information content (AvgIpc) is 2.34. The molecule has 0 spiro atoms. The lowest BCUT2D eigenvalue weighted by atomic mass is 11.0. The first-order valence-electron chi connectivity index (χ1n) is 3.76. The van der Waals surface area contributed by atoms with Crippen molar-refractivity contribution in [1.29, 1.82) is 0 Å². The highest BCUT2D eigenvalue weighted by molar-refractivity contribution is 5.23. The Morgan fingerprint density at radius 2 is 1.78 bits per heavy atom. The number of aromatic nitrogens is 4. The third-order valence-corrected chi connectivity index (χ3v) is 1.13. The van der Waals surface area contributed by atoms with Gasteiger partial charge in [0.1, 0.15) is 0 Å². The minimum absolute atomic E-state index is 0.00307. The second-order valence-corrected chi connectivity index (χ2v) is 2.17. The maximum atomic E-state index is 10.1. The van der Waals surface area contributed by atoms with Crippen molar-refractivity contribution in [2.75, 3.05) is 10.6 Å². The van der Waals surface area contributed by atoms with Gasteiger partial charge >= 0.3 is 16.1 Å². The summed E-state index contributed by atoms with van der Waals surface area (Å²) >= 11 is 0. The van der Waals surface area contributed by atoms with Crippen molar-refractivity contribution in [2.24, 2.45) is 5.84 Å². The Morgan fingerprint density at radius 1 is 1.17 bits per heavy atom. The molecule has 0 saturated carbocycles. The molecule has 0 bridgehead atoms. The second-order valence-electron chi connectivity index (χ2n) is 2.17. The number of nitrogens with two attached hydrogens (primary N) is 1. The van der Waals surface area contributed by atoms with E-state index in [0.717, 1.165) is 0 Å². The van der Waals surface area contributed by atoms with Gasteiger partial charge < -0.3 is 0 Å². The summed E-state index contributed by atoms with van der Waals surface area (Å²) in [5.41, 5.74) is 3.40. The first-order valence-corrected chi connectivity index (χ1v) is 3.76. The van der Waals surface area contributed by atoms with E-state index >= 15 is 0 Å². The minimum Gasteiger partial charge on any atom is -0.290 e. The summed E-state index contributed by atoms with van der Waals surface area (Å²) < 4.78 is 0. The van der Waals surface area contributed by atoms with Gasteiger partial charge in [-0.15, -0.1) is 40.6 Å². The second kappa shape index (κ2) is 5.81. The summed E-state index contributed by atoms with van der Waals surface area (Å²) in [6.45, 7) is 0. The van der Waals surface area contributed by atoms with E-state index in [1.165, 1.54) is 5.59 Å². The van der Waals surface area contributed by atoms with Crippen LogP contribution in [-0.2, 0) is 9.88 Å². The Balaban J connectivity index is 2.79. The summed E-state index contributed by atoms with van der Waals surface area (Å²) in [7, 11) is 0. The van der Waals surface area contributed by atoms with Crippen molar-refractivity contribution in [1.82, 2.24) is 26.0 Å². The fraction of sp³-hybridized carbons (Fsp3) is 0. The number of rotatable bonds is 7. The van der Waals surface area contributed by atoms with Gasteiger partial charge in [-0.1, -0.05) is 5.17 Å². The van der Waals surface area contributed by atoms with Crippen LogP contribution in [0.4, 0.5) is 11.9 Å². The molecule has 0 atom stereocenters. The Kier molecular flexibility index (Phi) is 4.17. The van der Waals surface area contributed by atoms with Gasteiger partial charge in [0.15, 0.2) is 0 Å². The molecular formula is C2H4N10O6. The van der Waals surface area contributed by atoms with Gasteiger partial charge in [0.25, 0.3) is 5.95 Å². The lowest BCUT2D eigenvalue weighted by Crippen LogP contribution is -2.42. The van der Waals surface area contributed by atoms with Gasteiger partial charge in [0.05, 0.1) is 0 Å². The first-order chi connectivity index (χ1) is 8.52. The third kappa shape index (κ3) is 3.79. The lowest BCUT2D eigenvalue weighted by molar-refractivity contribution is -0.801. The standard InChI is InChI=1S/C2H4N10O6/c3-4-1-5-7-2(8-6-1)10(18-12(15)16)9-17-11(13)14/h9H,3H2,(H,4,5,6). The minimum atomic E-state index is -1.31. The van der Waals surface area contributed by atoms with Crippen LogP contribution in [0.5, 0.6) is 0 Å². The number of hydrazine groups is 2. The van der Waals surface area contributed by atoms with Crippen LogP contribution in [0.15, 0.2) is 0 Å². The number of hydrogen-bond donors (Lipinski definition) is 3. The molecule has 0 aliphatic heterocycles. The Bertz CT molecular complexity index is 419. The SMILES string of the molecule is NNc1nnc(N(NO[N+](=O)[O-])O[N+](=O)[O-])nn1. The summed E-state index contributed by atoms with van der Waals surface area (Å²) in [5, 5.41) is 30.4. The van der Waals surface area contributed by atoms with Gasteiger partial charge in [-0.2, -0.15) is 9.88 Å². The van der Waals surface area contributed by atoms with E-state index < -0.39 is 16.1 Å². The molecule has 1 rings (SSSR count). The van der Waals surface area contributed by atoms with Gasteiger partial charge in [0, 0.05) is 0 Å². The van der Waals surface area contributed by atoms with Crippen LogP contribution in [0, 0.1) is 20.2 Å². The van der Waals surface area contributed by atoms with Crippen LogP contribution in [-0.4, -0.2) is 30.6 Å². The highest BCUT2D eigenvalue weighted by Gasteiger charge is 2.17. The smallest absolute Gasteiger partial charge is 0.290 e. The van der Waals surface area contributed by atoms with Crippen LogP contribution in [0.25, 0.3) is 0 Å². The van der Waals surface area contributed by atoms with E-state index in [9.17, 15) is 20.2 Å². The summed E-state index contributed by atoms with van der Waals surface area (Å²) in [4.78, 5) is 27.4. The van der Waals surface area contributed by atoms with Crippen LogP contribution in [0.2, 0.25) is 0 Å². The number of nitrogens with one attached hydrogen (secondary N) is 2. The number of hydrogen-bond acceptors (Lipinski definition) is 14. The molecule has 1 aromatic rings. The largest absolute Gasteiger partial charge is 0.318 e. The Morgan fingerprint density at radius 3 is 2.22 bits per heavy atom. The summed E-state index contributed by atoms with van der Waals surface area (Å²) in [6.07, 6.45) is 0. The van der Waals surface area contributed by atoms with Gasteiger partial charge in [-0.05, 0) is 5.59 Å². The predicted molar refractivity (Wildman–Crippen MR) is 47.2 cm³/mol. The molecule has 18 heavy (non-hydrogen) atoms.